The minimum absolute atomic E-state index is 0. The molecule has 0 saturated carbocycles. The van der Waals surface area contributed by atoms with Crippen LogP contribution in [-0.4, -0.2) is 24.0 Å². The molecular weight excluding hydrogens is 522 g/mol. The number of alkyl halides is 1. The van der Waals surface area contributed by atoms with Gasteiger partial charge in [-0.25, -0.2) is 0 Å². The van der Waals surface area contributed by atoms with E-state index in [2.05, 4.69) is 63.4 Å². The quantitative estimate of drug-likeness (QED) is 0.159. The normalized spacial score (nSPS) is 9.21. The molecule has 0 aliphatic heterocycles. The van der Waals surface area contributed by atoms with E-state index in [1.807, 2.05) is 25.1 Å². The largest absolute Gasteiger partial charge is 1.00 e. The Balaban J connectivity index is 0. The van der Waals surface area contributed by atoms with Gasteiger partial charge in [0.25, 0.3) is 0 Å². The smallest absolute Gasteiger partial charge is 0.698 e. The van der Waals surface area contributed by atoms with Crippen molar-refractivity contribution in [2.24, 2.45) is 0 Å². The second kappa shape index (κ2) is 17.7. The number of benzene rings is 2. The molecule has 0 atom stereocenters. The molecule has 1 heterocycles. The number of carbonyl (C=O) groups is 1. The van der Waals surface area contributed by atoms with Crippen LogP contribution >= 0.6 is 39.5 Å². The molecule has 10 heteroatoms. The average Bonchev–Trinajstić information content (AvgIpc) is 2.99. The van der Waals surface area contributed by atoms with Crippen molar-refractivity contribution in [3.8, 4) is 0 Å². The number of carbonyl (C=O) groups excluding carboxylic acids is 1. The fourth-order valence-electron chi connectivity index (χ4n) is 1.85. The SMILES string of the molecule is CCOC(=O)[S-].Cc1ccc(Br)c(N)c1.Cc1ccc2sc(=S)[nH]c2c1.[2H]CF.[K+]. The molecule has 0 aliphatic carbocycles. The van der Waals surface area contributed by atoms with E-state index >= 15 is 0 Å². The summed E-state index contributed by atoms with van der Waals surface area (Å²) in [6.07, 6.45) is 0. The Hall–Kier alpha value is 0.0864. The zero-order chi connectivity index (χ0) is 22.4. The van der Waals surface area contributed by atoms with Crippen LogP contribution in [0.5, 0.6) is 0 Å². The second-order valence-electron chi connectivity index (χ2n) is 5.22. The van der Waals surface area contributed by atoms with Crippen molar-refractivity contribution in [1.82, 2.24) is 4.98 Å². The molecule has 1 aromatic heterocycles. The van der Waals surface area contributed by atoms with Gasteiger partial charge in [0, 0.05) is 10.2 Å². The summed E-state index contributed by atoms with van der Waals surface area (Å²) in [5, 5.41) is -0.627. The van der Waals surface area contributed by atoms with Gasteiger partial charge < -0.3 is 28.1 Å². The Bertz CT molecular complexity index is 957. The Morgan fingerprint density at radius 3 is 2.34 bits per heavy atom. The molecule has 0 aliphatic rings. The first-order valence-corrected chi connectivity index (χ1v) is 10.4. The number of halogens is 2. The summed E-state index contributed by atoms with van der Waals surface area (Å²) in [5.74, 6) is 0. The zero-order valence-electron chi connectivity index (χ0n) is 17.8. The minimum atomic E-state index is -1.00. The molecule has 0 bridgehead atoms. The van der Waals surface area contributed by atoms with Crippen molar-refractivity contribution in [3.63, 3.8) is 0 Å². The molecule has 3 aromatic rings. The fraction of sp³-hybridized carbons (Fsp3) is 0.263. The van der Waals surface area contributed by atoms with Crippen molar-refractivity contribution in [2.45, 2.75) is 20.8 Å². The van der Waals surface area contributed by atoms with Crippen LogP contribution < -0.4 is 57.1 Å². The summed E-state index contributed by atoms with van der Waals surface area (Å²) < 4.78 is 22.8. The molecule has 3 rings (SSSR count). The van der Waals surface area contributed by atoms with E-state index < -0.39 is 12.5 Å². The van der Waals surface area contributed by atoms with Gasteiger partial charge in [-0.3, -0.25) is 9.18 Å². The number of hydrogen-bond donors (Lipinski definition) is 2. The maximum absolute atomic E-state index is 9.96. The number of hydrogen-bond acceptors (Lipinski definition) is 6. The first-order valence-electron chi connectivity index (χ1n) is 8.65. The van der Waals surface area contributed by atoms with E-state index in [9.17, 15) is 9.18 Å². The number of rotatable bonds is 1. The second-order valence-corrected chi connectivity index (χ2v) is 8.13. The number of nitrogens with two attached hydrogens (primary N) is 1. The predicted molar refractivity (Wildman–Crippen MR) is 126 cm³/mol. The molecule has 29 heavy (non-hydrogen) atoms. The van der Waals surface area contributed by atoms with Crippen molar-refractivity contribution in [1.29, 1.82) is 0 Å². The Morgan fingerprint density at radius 2 is 1.90 bits per heavy atom. The molecule has 154 valence electrons. The first-order chi connectivity index (χ1) is 13.6. The number of fused-ring (bicyclic) bond motifs is 1. The third-order valence-electron chi connectivity index (χ3n) is 2.99. The molecule has 0 fully saturated rings. The van der Waals surface area contributed by atoms with Crippen molar-refractivity contribution in [3.05, 3.63) is 56.0 Å². The number of aryl methyl sites for hydroxylation is 2. The van der Waals surface area contributed by atoms with Gasteiger partial charge in [-0.2, -0.15) is 0 Å². The topological polar surface area (TPSA) is 68.1 Å². The third-order valence-corrected chi connectivity index (χ3v) is 5.04. The zero-order valence-corrected chi connectivity index (χ0v) is 23.9. The molecule has 3 N–H and O–H groups in total. The minimum Gasteiger partial charge on any atom is -0.698 e. The molecule has 0 radical (unpaired) electrons. The van der Waals surface area contributed by atoms with E-state index in [1.165, 1.54) is 15.8 Å². The summed E-state index contributed by atoms with van der Waals surface area (Å²) >= 11 is 14.0. The molecular formula is C19H23BrFKN2O2S3. The number of ether oxygens (including phenoxy) is 1. The monoisotopic (exact) mass is 545 g/mol. The number of aromatic amines is 1. The van der Waals surface area contributed by atoms with Crippen molar-refractivity contribution >= 4 is 73.3 Å². The first kappa shape index (κ1) is 29.1. The van der Waals surface area contributed by atoms with E-state index in [1.54, 1.807) is 18.3 Å². The summed E-state index contributed by atoms with van der Waals surface area (Å²) in [6.45, 7) is 6.18. The van der Waals surface area contributed by atoms with E-state index in [0.29, 0.717) is 6.61 Å². The van der Waals surface area contributed by atoms with Crippen LogP contribution in [0.2, 0.25) is 0 Å². The Kier molecular flexibility index (Phi) is 17.8. The fourth-order valence-corrected chi connectivity index (χ4v) is 3.31. The van der Waals surface area contributed by atoms with Crippen LogP contribution in [0.25, 0.3) is 10.2 Å². The Morgan fingerprint density at radius 1 is 1.34 bits per heavy atom. The van der Waals surface area contributed by atoms with E-state index in [-0.39, 0.29) is 51.4 Å². The van der Waals surface area contributed by atoms with Crippen LogP contribution in [0.4, 0.5) is 14.9 Å². The van der Waals surface area contributed by atoms with Crippen LogP contribution in [0.15, 0.2) is 40.9 Å². The maximum atomic E-state index is 9.96. The van der Waals surface area contributed by atoms with Gasteiger partial charge in [-0.1, -0.05) is 12.1 Å². The summed E-state index contributed by atoms with van der Waals surface area (Å²) in [7, 11) is -1.00. The van der Waals surface area contributed by atoms with Gasteiger partial charge in [-0.05, 0) is 84.3 Å². The molecule has 0 spiro atoms. The number of H-pyrrole nitrogens is 1. The van der Waals surface area contributed by atoms with Gasteiger partial charge in [0.2, 0.25) is 0 Å². The summed E-state index contributed by atoms with van der Waals surface area (Å²) in [6, 6.07) is 12.2. The van der Waals surface area contributed by atoms with Crippen molar-refractivity contribution < 1.29 is 66.7 Å². The van der Waals surface area contributed by atoms with Gasteiger partial charge in [0.15, 0.2) is 9.26 Å². The molecule has 0 unspecified atom stereocenters. The molecule has 0 amide bonds. The van der Waals surface area contributed by atoms with Gasteiger partial charge in [0.05, 0.1) is 25.3 Å². The molecule has 2 aromatic carbocycles. The van der Waals surface area contributed by atoms with E-state index in [0.717, 1.165) is 19.6 Å². The Labute approximate surface area is 238 Å². The van der Waals surface area contributed by atoms with Gasteiger partial charge >= 0.3 is 51.4 Å². The number of thiazole rings is 1. The number of anilines is 1. The van der Waals surface area contributed by atoms with Gasteiger partial charge in [0.1, 0.15) is 0 Å². The number of nitrogen functional groups attached to an aromatic ring is 1. The van der Waals surface area contributed by atoms with Crippen LogP contribution in [0.1, 0.15) is 19.4 Å². The molecule has 4 nitrogen and oxygen atoms in total. The van der Waals surface area contributed by atoms with Crippen LogP contribution in [0, 0.1) is 17.8 Å². The van der Waals surface area contributed by atoms with Crippen LogP contribution in [-0.2, 0) is 17.4 Å². The predicted octanol–water partition coefficient (Wildman–Crippen LogP) is 3.89. The third kappa shape index (κ3) is 13.9. The average molecular weight is 547 g/mol. The van der Waals surface area contributed by atoms with Gasteiger partial charge in [-0.15, -0.1) is 11.3 Å². The van der Waals surface area contributed by atoms with Crippen LogP contribution in [0.3, 0.4) is 0 Å². The number of aromatic nitrogens is 1. The standard InChI is InChI=1S/C8H7NS2.C7H8BrN.C3H6O2S.CH3F.K/c1-5-2-3-7-6(4-5)9-8(10)11-7;1-5-2-3-6(8)7(9)4-5;1-2-5-3(4)6;1-2;/h2-4H,1H3,(H,9,10);2-4H,9H2,1H3;2H2,1H3,(H,4,6);1H3;/q;;;;+1/p-1/i;;;1D;. The molecule has 0 saturated heterocycles. The number of nitrogens with one attached hydrogen (secondary N) is 1. The van der Waals surface area contributed by atoms with Crippen molar-refractivity contribution in [2.75, 3.05) is 19.5 Å². The summed E-state index contributed by atoms with van der Waals surface area (Å²) in [5.41, 5.74) is 9.98. The summed E-state index contributed by atoms with van der Waals surface area (Å²) in [4.78, 5) is 12.8. The van der Waals surface area contributed by atoms with E-state index in [4.69, 9.17) is 19.3 Å². The maximum Gasteiger partial charge on any atom is 1.00 e.